The molecule has 0 aliphatic heterocycles. The number of hydrogen-bond acceptors (Lipinski definition) is 1. The van der Waals surface area contributed by atoms with Crippen molar-refractivity contribution in [3.8, 4) is 0 Å². The van der Waals surface area contributed by atoms with Gasteiger partial charge < -0.3 is 5.32 Å². The predicted octanol–water partition coefficient (Wildman–Crippen LogP) is 0.152. The average molecular weight is 140 g/mol. The molecule has 2 nitrogen and oxygen atoms in total. The van der Waals surface area contributed by atoms with Crippen LogP contribution in [0.5, 0.6) is 0 Å². The van der Waals surface area contributed by atoms with Crippen LogP contribution in [0.4, 0.5) is 0 Å². The van der Waals surface area contributed by atoms with E-state index in [9.17, 15) is 4.79 Å². The van der Waals surface area contributed by atoms with Crippen LogP contribution < -0.4 is 5.32 Å². The summed E-state index contributed by atoms with van der Waals surface area (Å²) in [4.78, 5) is 10.1. The number of nitrogens with one attached hydrogen (secondary N) is 1. The zero-order valence-corrected chi connectivity index (χ0v) is 8.95. The Morgan fingerprint density at radius 3 is 2.25 bits per heavy atom. The van der Waals surface area contributed by atoms with Crippen LogP contribution in [0.3, 0.4) is 0 Å². The Labute approximate surface area is 92.8 Å². The van der Waals surface area contributed by atoms with Gasteiger partial charge in [0.05, 0.1) is 0 Å². The molecule has 0 unspecified atom stereocenters. The van der Waals surface area contributed by atoms with E-state index >= 15 is 0 Å². The molecule has 0 aromatic rings. The zero-order valence-electron chi connectivity index (χ0n) is 5.82. The Morgan fingerprint density at radius 1 is 1.62 bits per heavy atom. The molecule has 0 rings (SSSR count). The van der Waals surface area contributed by atoms with Crippen LogP contribution in [-0.2, 0) is 4.79 Å². The molecule has 0 spiro atoms. The van der Waals surface area contributed by atoms with E-state index in [1.807, 2.05) is 6.92 Å². The second kappa shape index (κ2) is 8.11. The molecule has 1 amide bonds. The van der Waals surface area contributed by atoms with Gasteiger partial charge in [-0.3, -0.25) is 4.79 Å². The van der Waals surface area contributed by atoms with Crippen LogP contribution in [0.2, 0.25) is 0 Å². The summed E-state index contributed by atoms with van der Waals surface area (Å²) in [6, 6.07) is 0. The first-order valence-electron chi connectivity index (χ1n) is 2.51. The first-order chi connectivity index (χ1) is 3.27. The molecule has 0 bridgehead atoms. The van der Waals surface area contributed by atoms with Crippen molar-refractivity contribution in [3.05, 3.63) is 0 Å². The predicted molar refractivity (Wildman–Crippen MR) is 34.7 cm³/mol. The van der Waals surface area contributed by atoms with Gasteiger partial charge in [-0.25, -0.2) is 0 Å². The topological polar surface area (TPSA) is 29.1 Å². The van der Waals surface area contributed by atoms with Gasteiger partial charge in [-0.15, -0.1) is 0 Å². The minimum absolute atomic E-state index is 0. The number of hydrogen-bond donors (Lipinski definition) is 1. The van der Waals surface area contributed by atoms with Gasteiger partial charge in [0.15, 0.2) is 0 Å². The zero-order chi connectivity index (χ0) is 5.70. The molecule has 0 fully saturated rings. The van der Waals surface area contributed by atoms with Crippen LogP contribution in [-0.4, -0.2) is 63.8 Å². The maximum atomic E-state index is 10.1. The first kappa shape index (κ1) is 11.8. The second-order valence-corrected chi connectivity index (χ2v) is 1.48. The monoisotopic (exact) mass is 140 g/mol. The Morgan fingerprint density at radius 2 is 2.12 bits per heavy atom. The average Bonchev–Trinajstić information content (AvgIpc) is 1.61. The van der Waals surface area contributed by atoms with Gasteiger partial charge >= 0.3 is 0 Å². The molecule has 8 heavy (non-hydrogen) atoms. The molecule has 0 saturated heterocycles. The molecular weight excluding hydrogens is 129 g/mol. The quantitative estimate of drug-likeness (QED) is 0.544. The molecule has 1 radical (unpaired) electrons. The van der Waals surface area contributed by atoms with Crippen molar-refractivity contribution in [1.82, 2.24) is 5.32 Å². The molecule has 0 aliphatic rings. The largest absolute Gasteiger partial charge is 0.356 e. The summed E-state index contributed by atoms with van der Waals surface area (Å²) in [7, 11) is 0. The fourth-order valence-corrected chi connectivity index (χ4v) is 0.301. The summed E-state index contributed by atoms with van der Waals surface area (Å²) >= 11 is 0. The summed E-state index contributed by atoms with van der Waals surface area (Å²) in [5.41, 5.74) is 0. The Kier molecular flexibility index (Phi) is 12.0. The number of rotatable bonds is 2. The SMILES string of the molecule is CCCNC(C)=O.[K]. The van der Waals surface area contributed by atoms with E-state index in [4.69, 9.17) is 0 Å². The number of carbonyl (C=O) groups is 1. The first-order valence-corrected chi connectivity index (χ1v) is 2.51. The van der Waals surface area contributed by atoms with Crippen molar-refractivity contribution in [2.75, 3.05) is 6.54 Å². The van der Waals surface area contributed by atoms with Gasteiger partial charge in [-0.2, -0.15) is 0 Å². The number of amides is 1. The summed E-state index contributed by atoms with van der Waals surface area (Å²) in [6.07, 6.45) is 1.01. The van der Waals surface area contributed by atoms with E-state index in [2.05, 4.69) is 5.32 Å². The van der Waals surface area contributed by atoms with E-state index in [1.165, 1.54) is 6.92 Å². The fourth-order valence-electron chi connectivity index (χ4n) is 0.301. The molecule has 3 heteroatoms. The van der Waals surface area contributed by atoms with Gasteiger partial charge in [-0.1, -0.05) is 6.92 Å². The second-order valence-electron chi connectivity index (χ2n) is 1.48. The summed E-state index contributed by atoms with van der Waals surface area (Å²) < 4.78 is 0. The van der Waals surface area contributed by atoms with Crippen molar-refractivity contribution in [2.45, 2.75) is 20.3 Å². The molecular formula is C5H11KNO. The molecule has 0 aromatic carbocycles. The van der Waals surface area contributed by atoms with Gasteiger partial charge in [0.25, 0.3) is 0 Å². The van der Waals surface area contributed by atoms with Crippen LogP contribution in [0.15, 0.2) is 0 Å². The van der Waals surface area contributed by atoms with Crippen LogP contribution in [0.25, 0.3) is 0 Å². The minimum atomic E-state index is 0. The molecule has 0 aliphatic carbocycles. The van der Waals surface area contributed by atoms with E-state index in [1.54, 1.807) is 0 Å². The maximum absolute atomic E-state index is 10.1. The van der Waals surface area contributed by atoms with Crippen LogP contribution >= 0.6 is 0 Å². The minimum Gasteiger partial charge on any atom is -0.356 e. The van der Waals surface area contributed by atoms with Crippen molar-refractivity contribution in [3.63, 3.8) is 0 Å². The van der Waals surface area contributed by atoms with Crippen molar-refractivity contribution < 1.29 is 4.79 Å². The van der Waals surface area contributed by atoms with Crippen molar-refractivity contribution >= 4 is 57.3 Å². The van der Waals surface area contributed by atoms with Gasteiger partial charge in [-0.05, 0) is 6.42 Å². The third-order valence-electron chi connectivity index (χ3n) is 0.624. The van der Waals surface area contributed by atoms with E-state index in [0.29, 0.717) is 0 Å². The summed E-state index contributed by atoms with van der Waals surface area (Å²) in [5, 5.41) is 2.66. The molecule has 0 heterocycles. The molecule has 0 saturated carbocycles. The summed E-state index contributed by atoms with van der Waals surface area (Å²) in [6.45, 7) is 4.35. The molecule has 0 atom stereocenters. The third-order valence-corrected chi connectivity index (χ3v) is 0.624. The Bertz CT molecular complexity index is 65.4. The van der Waals surface area contributed by atoms with Crippen molar-refractivity contribution in [1.29, 1.82) is 0 Å². The summed E-state index contributed by atoms with van der Waals surface area (Å²) in [5.74, 6) is 0.0573. The standard InChI is InChI=1S/C5H11NO.K/c1-3-4-6-5(2)7;/h3-4H2,1-2H3,(H,6,7);. The smallest absolute Gasteiger partial charge is 0.216 e. The molecule has 43 valence electrons. The van der Waals surface area contributed by atoms with Crippen LogP contribution in [0.1, 0.15) is 20.3 Å². The van der Waals surface area contributed by atoms with Crippen LogP contribution in [0, 0.1) is 0 Å². The van der Waals surface area contributed by atoms with Gasteiger partial charge in [0, 0.05) is 64.9 Å². The third kappa shape index (κ3) is 10.2. The van der Waals surface area contributed by atoms with E-state index in [-0.39, 0.29) is 57.3 Å². The normalized spacial score (nSPS) is 7.25. The van der Waals surface area contributed by atoms with Gasteiger partial charge in [0.2, 0.25) is 5.91 Å². The molecule has 0 aromatic heterocycles. The molecule has 1 N–H and O–H groups in total. The van der Waals surface area contributed by atoms with Crippen molar-refractivity contribution in [2.24, 2.45) is 0 Å². The van der Waals surface area contributed by atoms with E-state index < -0.39 is 0 Å². The van der Waals surface area contributed by atoms with E-state index in [0.717, 1.165) is 13.0 Å². The fraction of sp³-hybridized carbons (Fsp3) is 0.800. The Hall–Kier alpha value is 1.11. The van der Waals surface area contributed by atoms with Gasteiger partial charge in [0.1, 0.15) is 0 Å². The Balaban J connectivity index is 0. The maximum Gasteiger partial charge on any atom is 0.216 e. The number of carbonyl (C=O) groups excluding carboxylic acids is 1.